The van der Waals surface area contributed by atoms with E-state index in [1.807, 2.05) is 48.0 Å². The lowest BCUT2D eigenvalue weighted by Crippen LogP contribution is -2.38. The van der Waals surface area contributed by atoms with Crippen LogP contribution in [0.3, 0.4) is 0 Å². The Labute approximate surface area is 320 Å². The minimum atomic E-state index is -0.803. The molecule has 2 aromatic heterocycles. The fourth-order valence-electron chi connectivity index (χ4n) is 5.13. The summed E-state index contributed by atoms with van der Waals surface area (Å²) >= 11 is 3.02. The SMILES string of the molecule is Br.CCc1csc([C@@H](N)Cc2ccc([N+](=O)[O-])cc2)n1.CCc1csc([C@H](Cc2ccc([N+](=O)[O-])cc2)NC(=O)C(Cc2ccccc2)C(C)=O)n1. The van der Waals surface area contributed by atoms with Gasteiger partial charge in [0.25, 0.3) is 11.4 Å². The van der Waals surface area contributed by atoms with E-state index in [9.17, 15) is 29.8 Å². The molecule has 0 aliphatic rings. The average Bonchev–Trinajstić information content (AvgIpc) is 3.82. The fourth-order valence-corrected chi connectivity index (χ4v) is 6.98. The number of nitro benzene ring substituents is 2. The highest BCUT2D eigenvalue weighted by molar-refractivity contribution is 8.93. The van der Waals surface area contributed by atoms with Crippen molar-refractivity contribution in [2.75, 3.05) is 0 Å². The lowest BCUT2D eigenvalue weighted by atomic mass is 9.94. The summed E-state index contributed by atoms with van der Waals surface area (Å²) in [5.41, 5.74) is 10.9. The van der Waals surface area contributed by atoms with E-state index in [0.717, 1.165) is 50.9 Å². The molecule has 5 aromatic rings. The van der Waals surface area contributed by atoms with Gasteiger partial charge < -0.3 is 11.1 Å². The second kappa shape index (κ2) is 20.4. The van der Waals surface area contributed by atoms with Gasteiger partial charge >= 0.3 is 0 Å². The largest absolute Gasteiger partial charge is 0.346 e. The van der Waals surface area contributed by atoms with Crippen LogP contribution >= 0.6 is 39.7 Å². The number of carbonyl (C=O) groups is 2. The summed E-state index contributed by atoms with van der Waals surface area (Å²) in [6.07, 6.45) is 3.05. The smallest absolute Gasteiger partial charge is 0.269 e. The third-order valence-electron chi connectivity index (χ3n) is 8.07. The van der Waals surface area contributed by atoms with Crippen LogP contribution in [0.5, 0.6) is 0 Å². The molecule has 0 bridgehead atoms. The molecule has 2 heterocycles. The van der Waals surface area contributed by atoms with Crippen LogP contribution in [0.2, 0.25) is 0 Å². The molecule has 274 valence electrons. The Balaban J connectivity index is 0.000000311. The Bertz CT molecular complexity index is 1920. The average molecular weight is 810 g/mol. The van der Waals surface area contributed by atoms with Crippen molar-refractivity contribution in [3.05, 3.63) is 148 Å². The summed E-state index contributed by atoms with van der Waals surface area (Å²) in [5.74, 6) is -1.35. The molecule has 0 radical (unpaired) electrons. The van der Waals surface area contributed by atoms with E-state index >= 15 is 0 Å². The summed E-state index contributed by atoms with van der Waals surface area (Å²) in [4.78, 5) is 55.1. The molecule has 3 N–H and O–H groups in total. The van der Waals surface area contributed by atoms with Crippen molar-refractivity contribution in [1.82, 2.24) is 15.3 Å². The van der Waals surface area contributed by atoms with Gasteiger partial charge in [0.05, 0.1) is 33.3 Å². The maximum absolute atomic E-state index is 13.1. The minimum absolute atomic E-state index is 0. The maximum atomic E-state index is 13.1. The number of halogens is 1. The van der Waals surface area contributed by atoms with Crippen LogP contribution in [-0.2, 0) is 41.7 Å². The highest BCUT2D eigenvalue weighted by Crippen LogP contribution is 2.25. The Morgan fingerprint density at radius 1 is 0.731 bits per heavy atom. The highest BCUT2D eigenvalue weighted by Gasteiger charge is 2.28. The zero-order valence-electron chi connectivity index (χ0n) is 29.0. The number of nitro groups is 2. The van der Waals surface area contributed by atoms with Crippen LogP contribution in [0.25, 0.3) is 0 Å². The molecule has 0 spiro atoms. The number of aromatic nitrogens is 2. The molecule has 3 atom stereocenters. The molecule has 0 aliphatic carbocycles. The number of rotatable bonds is 15. The van der Waals surface area contributed by atoms with Gasteiger partial charge in [-0.05, 0) is 55.7 Å². The second-order valence-electron chi connectivity index (χ2n) is 11.8. The predicted molar refractivity (Wildman–Crippen MR) is 209 cm³/mol. The molecule has 12 nitrogen and oxygen atoms in total. The van der Waals surface area contributed by atoms with Gasteiger partial charge in [-0.15, -0.1) is 39.7 Å². The van der Waals surface area contributed by atoms with Gasteiger partial charge in [-0.3, -0.25) is 29.8 Å². The van der Waals surface area contributed by atoms with Gasteiger partial charge in [-0.25, -0.2) is 9.97 Å². The number of nitrogens with one attached hydrogen (secondary N) is 1. The van der Waals surface area contributed by atoms with Gasteiger partial charge in [0.2, 0.25) is 5.91 Å². The number of non-ortho nitro benzene ring substituents is 2. The molecule has 0 saturated heterocycles. The first-order valence-electron chi connectivity index (χ1n) is 16.4. The van der Waals surface area contributed by atoms with Crippen molar-refractivity contribution in [3.63, 3.8) is 0 Å². The summed E-state index contributed by atoms with van der Waals surface area (Å²) in [5, 5.41) is 30.1. The molecule has 1 amide bonds. The van der Waals surface area contributed by atoms with E-state index in [2.05, 4.69) is 22.2 Å². The maximum Gasteiger partial charge on any atom is 0.269 e. The van der Waals surface area contributed by atoms with Crippen LogP contribution in [-0.4, -0.2) is 31.5 Å². The predicted octanol–water partition coefficient (Wildman–Crippen LogP) is 7.90. The molecular formula is C37H41BrN6O6S2. The summed E-state index contributed by atoms with van der Waals surface area (Å²) in [6.45, 7) is 5.49. The van der Waals surface area contributed by atoms with Gasteiger partial charge in [0.1, 0.15) is 21.7 Å². The summed E-state index contributed by atoms with van der Waals surface area (Å²) in [7, 11) is 0. The third-order valence-corrected chi connectivity index (χ3v) is 10.1. The first-order chi connectivity index (χ1) is 24.5. The molecule has 1 unspecified atom stereocenters. The van der Waals surface area contributed by atoms with E-state index in [0.29, 0.717) is 19.3 Å². The number of thiazole rings is 2. The number of nitrogens with two attached hydrogens (primary N) is 1. The topological polar surface area (TPSA) is 184 Å². The number of nitrogens with zero attached hydrogens (tertiary/aromatic N) is 4. The zero-order valence-corrected chi connectivity index (χ0v) is 32.3. The number of carbonyl (C=O) groups excluding carboxylic acids is 2. The Morgan fingerprint density at radius 2 is 1.19 bits per heavy atom. The standard InChI is InChI=1S/C24H25N3O4S.C13H15N3O2S.BrH/c1-3-19-15-32-24(25-19)22(14-18-9-11-20(12-10-18)27(30)31)26-23(29)21(16(2)28)13-17-7-5-4-6-8-17;1-2-10-8-19-13(15-10)12(14)7-9-3-5-11(6-4-9)16(17)18;/h4-12,15,21-22H,3,13-14H2,1-2H3,(H,26,29);3-6,8,12H,2,7,14H2,1H3;1H/t21?,22-;12-;/m00./s1. The molecule has 0 saturated carbocycles. The van der Waals surface area contributed by atoms with E-state index in [1.165, 1.54) is 42.5 Å². The lowest BCUT2D eigenvalue weighted by Gasteiger charge is -2.21. The molecule has 15 heteroatoms. The molecule has 5 rings (SSSR count). The number of ketones is 1. The van der Waals surface area contributed by atoms with Crippen LogP contribution in [0.15, 0.2) is 89.6 Å². The lowest BCUT2D eigenvalue weighted by molar-refractivity contribution is -0.385. The highest BCUT2D eigenvalue weighted by atomic mass is 79.9. The van der Waals surface area contributed by atoms with Crippen molar-refractivity contribution in [1.29, 1.82) is 0 Å². The minimum Gasteiger partial charge on any atom is -0.346 e. The van der Waals surface area contributed by atoms with Crippen molar-refractivity contribution in [3.8, 4) is 0 Å². The Morgan fingerprint density at radius 3 is 1.65 bits per heavy atom. The van der Waals surface area contributed by atoms with Crippen molar-refractivity contribution in [2.24, 2.45) is 11.7 Å². The molecule has 0 fully saturated rings. The molecular weight excluding hydrogens is 768 g/mol. The van der Waals surface area contributed by atoms with E-state index < -0.39 is 21.8 Å². The van der Waals surface area contributed by atoms with Crippen molar-refractivity contribution >= 4 is 62.7 Å². The monoisotopic (exact) mass is 808 g/mol. The van der Waals surface area contributed by atoms with Gasteiger partial charge in [-0.1, -0.05) is 68.4 Å². The first-order valence-corrected chi connectivity index (χ1v) is 18.2. The van der Waals surface area contributed by atoms with E-state index in [4.69, 9.17) is 5.73 Å². The molecule has 0 aliphatic heterocycles. The Hall–Kier alpha value is -4.70. The number of hydrogen-bond acceptors (Lipinski definition) is 11. The second-order valence-corrected chi connectivity index (χ2v) is 13.6. The van der Waals surface area contributed by atoms with Crippen molar-refractivity contribution in [2.45, 2.75) is 65.0 Å². The fraction of sp³-hybridized carbons (Fsp3) is 0.297. The first kappa shape index (κ1) is 41.7. The third kappa shape index (κ3) is 12.2. The van der Waals surface area contributed by atoms with Crippen LogP contribution in [0.4, 0.5) is 11.4 Å². The van der Waals surface area contributed by atoms with E-state index in [1.54, 1.807) is 35.6 Å². The number of benzene rings is 3. The van der Waals surface area contributed by atoms with Gasteiger partial charge in [0.15, 0.2) is 0 Å². The molecule has 3 aromatic carbocycles. The van der Waals surface area contributed by atoms with Crippen LogP contribution in [0.1, 0.15) is 70.9 Å². The van der Waals surface area contributed by atoms with Gasteiger partial charge in [0, 0.05) is 35.0 Å². The molecule has 52 heavy (non-hydrogen) atoms. The summed E-state index contributed by atoms with van der Waals surface area (Å²) in [6, 6.07) is 21.6. The number of aryl methyl sites for hydroxylation is 2. The van der Waals surface area contributed by atoms with Gasteiger partial charge in [-0.2, -0.15) is 0 Å². The van der Waals surface area contributed by atoms with Crippen molar-refractivity contribution < 1.29 is 19.4 Å². The van der Waals surface area contributed by atoms with Crippen LogP contribution < -0.4 is 11.1 Å². The zero-order chi connectivity index (χ0) is 36.9. The summed E-state index contributed by atoms with van der Waals surface area (Å²) < 4.78 is 0. The number of hydrogen-bond donors (Lipinski definition) is 2. The van der Waals surface area contributed by atoms with Crippen LogP contribution in [0, 0.1) is 26.1 Å². The van der Waals surface area contributed by atoms with E-state index in [-0.39, 0.29) is 46.1 Å². The number of amides is 1. The quantitative estimate of drug-likeness (QED) is 0.0603. The normalized spacial score (nSPS) is 12.3. The number of Topliss-reactive ketones (excluding diaryl/α,β-unsaturated/α-hetero) is 1. The Kier molecular flexibility index (Phi) is 16.3.